The van der Waals surface area contributed by atoms with E-state index >= 15 is 0 Å². The summed E-state index contributed by atoms with van der Waals surface area (Å²) in [5.74, 6) is -0.292. The molecular weight excluding hydrogens is 466 g/mol. The second kappa shape index (κ2) is 9.15. The van der Waals surface area contributed by atoms with Crippen LogP contribution in [0.1, 0.15) is 17.0 Å². The molecule has 0 aliphatic heterocycles. The Labute approximate surface area is 202 Å². The van der Waals surface area contributed by atoms with Crippen LogP contribution in [-0.2, 0) is 21.2 Å². The van der Waals surface area contributed by atoms with Gasteiger partial charge in [-0.3, -0.25) is 18.9 Å². The van der Waals surface area contributed by atoms with Crippen LogP contribution in [0, 0.1) is 13.8 Å². The van der Waals surface area contributed by atoms with Crippen molar-refractivity contribution in [1.29, 1.82) is 0 Å². The Balaban J connectivity index is 1.79. The van der Waals surface area contributed by atoms with Crippen LogP contribution < -0.4 is 16.0 Å². The third-order valence-electron chi connectivity index (χ3n) is 5.62. The van der Waals surface area contributed by atoms with Gasteiger partial charge in [0.15, 0.2) is 5.82 Å². The molecule has 2 heterocycles. The molecule has 178 valence electrons. The van der Waals surface area contributed by atoms with Crippen LogP contribution in [-0.4, -0.2) is 30.6 Å². The highest BCUT2D eigenvalue weighted by molar-refractivity contribution is 7.93. The molecule has 0 unspecified atom stereocenters. The Bertz CT molecular complexity index is 1650. The average Bonchev–Trinajstić information content (AvgIpc) is 2.83. The van der Waals surface area contributed by atoms with Crippen molar-refractivity contribution in [3.63, 3.8) is 0 Å². The minimum Gasteiger partial charge on any atom is -0.396 e. The molecule has 0 aliphatic carbocycles. The number of rotatable bonds is 6. The molecule has 0 bridgehead atoms. The van der Waals surface area contributed by atoms with E-state index in [1.807, 2.05) is 18.2 Å². The maximum absolute atomic E-state index is 13.4. The zero-order chi connectivity index (χ0) is 25.3. The second-order valence-electron chi connectivity index (χ2n) is 7.99. The lowest BCUT2D eigenvalue weighted by atomic mass is 10.1. The van der Waals surface area contributed by atoms with Crippen molar-refractivity contribution in [2.45, 2.75) is 25.2 Å². The van der Waals surface area contributed by atoms with E-state index in [4.69, 9.17) is 5.73 Å². The Morgan fingerprint density at radius 2 is 1.83 bits per heavy atom. The SMILES string of the molecule is C=NC(=O)Cc1cc(N)c(-n2c(C)ccc(NS(=O)(=O)c3cccc4ccccc34)c2=O)nc1C. The predicted molar refractivity (Wildman–Crippen MR) is 137 cm³/mol. The summed E-state index contributed by atoms with van der Waals surface area (Å²) in [5.41, 5.74) is 7.09. The maximum Gasteiger partial charge on any atom is 0.280 e. The van der Waals surface area contributed by atoms with Crippen molar-refractivity contribution in [3.05, 3.63) is 88.0 Å². The number of nitrogen functional groups attached to an aromatic ring is 1. The molecule has 0 fully saturated rings. The highest BCUT2D eigenvalue weighted by Crippen LogP contribution is 2.25. The Kier molecular flexibility index (Phi) is 6.23. The van der Waals surface area contributed by atoms with Crippen molar-refractivity contribution < 1.29 is 13.2 Å². The summed E-state index contributed by atoms with van der Waals surface area (Å²) in [6.07, 6.45) is -0.0223. The fraction of sp³-hybridized carbons (Fsp3) is 0.120. The van der Waals surface area contributed by atoms with Crippen LogP contribution in [0.2, 0.25) is 0 Å². The fourth-order valence-corrected chi connectivity index (χ4v) is 5.12. The number of aromatic nitrogens is 2. The fourth-order valence-electron chi connectivity index (χ4n) is 3.83. The van der Waals surface area contributed by atoms with E-state index in [-0.39, 0.29) is 28.5 Å². The molecule has 0 spiro atoms. The minimum atomic E-state index is -4.08. The first-order valence-electron chi connectivity index (χ1n) is 10.6. The van der Waals surface area contributed by atoms with E-state index in [0.717, 1.165) is 5.39 Å². The van der Waals surface area contributed by atoms with Crippen molar-refractivity contribution in [3.8, 4) is 5.82 Å². The smallest absolute Gasteiger partial charge is 0.280 e. The molecule has 0 atom stereocenters. The number of carbonyl (C=O) groups is 1. The number of fused-ring (bicyclic) bond motifs is 1. The van der Waals surface area contributed by atoms with Gasteiger partial charge in [0.25, 0.3) is 15.6 Å². The van der Waals surface area contributed by atoms with E-state index in [2.05, 4.69) is 21.4 Å². The largest absolute Gasteiger partial charge is 0.396 e. The number of hydrogen-bond acceptors (Lipinski definition) is 6. The zero-order valence-corrected chi connectivity index (χ0v) is 20.0. The number of amides is 1. The summed E-state index contributed by atoms with van der Waals surface area (Å²) in [7, 11) is -4.08. The van der Waals surface area contributed by atoms with Gasteiger partial charge in [-0.15, -0.1) is 0 Å². The summed E-state index contributed by atoms with van der Waals surface area (Å²) < 4.78 is 30.2. The van der Waals surface area contributed by atoms with Crippen LogP contribution in [0.25, 0.3) is 16.6 Å². The van der Waals surface area contributed by atoms with Crippen molar-refractivity contribution in [2.24, 2.45) is 4.99 Å². The van der Waals surface area contributed by atoms with Gasteiger partial charge in [-0.05, 0) is 55.8 Å². The number of nitrogens with one attached hydrogen (secondary N) is 1. The number of aliphatic imine (C=N–C) groups is 1. The van der Waals surface area contributed by atoms with E-state index in [1.165, 1.54) is 16.7 Å². The predicted octanol–water partition coefficient (Wildman–Crippen LogP) is 3.16. The highest BCUT2D eigenvalue weighted by atomic mass is 32.2. The Morgan fingerprint density at radius 1 is 1.11 bits per heavy atom. The molecule has 0 saturated heterocycles. The molecule has 2 aromatic heterocycles. The molecule has 1 amide bonds. The summed E-state index contributed by atoms with van der Waals surface area (Å²) in [6, 6.07) is 16.6. The van der Waals surface area contributed by atoms with E-state index in [1.54, 1.807) is 44.2 Å². The molecule has 0 saturated carbocycles. The third-order valence-corrected chi connectivity index (χ3v) is 7.04. The normalized spacial score (nSPS) is 11.4. The summed E-state index contributed by atoms with van der Waals surface area (Å²) in [6.45, 7) is 6.59. The van der Waals surface area contributed by atoms with E-state index in [0.29, 0.717) is 22.3 Å². The van der Waals surface area contributed by atoms with Gasteiger partial charge in [-0.1, -0.05) is 36.4 Å². The van der Waals surface area contributed by atoms with Gasteiger partial charge in [0.1, 0.15) is 5.69 Å². The zero-order valence-electron chi connectivity index (χ0n) is 19.1. The first-order chi connectivity index (χ1) is 16.6. The lowest BCUT2D eigenvalue weighted by Gasteiger charge is -2.16. The van der Waals surface area contributed by atoms with Crippen molar-refractivity contribution in [2.75, 3.05) is 10.5 Å². The number of anilines is 2. The molecule has 10 heteroatoms. The number of pyridine rings is 2. The first-order valence-corrected chi connectivity index (χ1v) is 12.1. The summed E-state index contributed by atoms with van der Waals surface area (Å²) >= 11 is 0. The van der Waals surface area contributed by atoms with Crippen molar-refractivity contribution >= 4 is 44.8 Å². The number of carbonyl (C=O) groups excluding carboxylic acids is 1. The topological polar surface area (TPSA) is 137 Å². The van der Waals surface area contributed by atoms with Crippen LogP contribution in [0.3, 0.4) is 0 Å². The van der Waals surface area contributed by atoms with Gasteiger partial charge in [0.2, 0.25) is 5.91 Å². The average molecular weight is 490 g/mol. The van der Waals surface area contributed by atoms with Gasteiger partial charge in [-0.2, -0.15) is 0 Å². The maximum atomic E-state index is 13.4. The molecule has 0 radical (unpaired) electrons. The van der Waals surface area contributed by atoms with Gasteiger partial charge >= 0.3 is 0 Å². The quantitative estimate of drug-likeness (QED) is 0.399. The molecule has 4 aromatic rings. The second-order valence-corrected chi connectivity index (χ2v) is 9.64. The molecule has 3 N–H and O–H groups in total. The summed E-state index contributed by atoms with van der Waals surface area (Å²) in [4.78, 5) is 32.9. The van der Waals surface area contributed by atoms with Gasteiger partial charge in [0.05, 0.1) is 17.0 Å². The lowest BCUT2D eigenvalue weighted by Crippen LogP contribution is -2.28. The molecule has 4 rings (SSSR count). The molecule has 35 heavy (non-hydrogen) atoms. The Hall–Kier alpha value is -4.31. The molecule has 0 aliphatic rings. The number of benzene rings is 2. The molecular formula is C25H23N5O4S. The molecule has 9 nitrogen and oxygen atoms in total. The third kappa shape index (κ3) is 4.56. The van der Waals surface area contributed by atoms with Crippen LogP contribution >= 0.6 is 0 Å². The van der Waals surface area contributed by atoms with Crippen LogP contribution in [0.15, 0.2) is 75.3 Å². The van der Waals surface area contributed by atoms with E-state index < -0.39 is 21.5 Å². The number of nitrogens with two attached hydrogens (primary N) is 1. The highest BCUT2D eigenvalue weighted by Gasteiger charge is 2.21. The monoisotopic (exact) mass is 489 g/mol. The minimum absolute atomic E-state index is 0.0223. The van der Waals surface area contributed by atoms with Crippen LogP contribution in [0.5, 0.6) is 0 Å². The molecule has 2 aromatic carbocycles. The lowest BCUT2D eigenvalue weighted by molar-refractivity contribution is -0.117. The number of hydrogen-bond donors (Lipinski definition) is 2. The first kappa shape index (κ1) is 23.8. The number of aryl methyl sites for hydroxylation is 2. The van der Waals surface area contributed by atoms with E-state index in [9.17, 15) is 18.0 Å². The number of nitrogens with zero attached hydrogens (tertiary/aromatic N) is 3. The summed E-state index contributed by atoms with van der Waals surface area (Å²) in [5, 5.41) is 1.30. The number of sulfonamides is 1. The van der Waals surface area contributed by atoms with Gasteiger partial charge in [-0.25, -0.2) is 18.4 Å². The van der Waals surface area contributed by atoms with Crippen LogP contribution in [0.4, 0.5) is 11.4 Å². The van der Waals surface area contributed by atoms with Gasteiger partial charge in [0, 0.05) is 16.8 Å². The Morgan fingerprint density at radius 3 is 2.57 bits per heavy atom. The van der Waals surface area contributed by atoms with Gasteiger partial charge < -0.3 is 5.73 Å². The van der Waals surface area contributed by atoms with Crippen molar-refractivity contribution in [1.82, 2.24) is 9.55 Å². The standard InChI is InChI=1S/C25H23N5O4S/c1-15-11-12-21(29-35(33,34)22-10-6-8-17-7-4-5-9-19(17)22)25(32)30(15)24-20(26)13-18(16(2)28-24)14-23(31)27-3/h4-13,29H,3,14,26H2,1-2H3.